The summed E-state index contributed by atoms with van der Waals surface area (Å²) in [6, 6.07) is 20.6. The first-order valence-electron chi connectivity index (χ1n) is 13.2. The van der Waals surface area contributed by atoms with Crippen molar-refractivity contribution >= 4 is 39.1 Å². The van der Waals surface area contributed by atoms with Gasteiger partial charge in [0.2, 0.25) is 11.8 Å². The molecule has 0 aliphatic rings. The lowest BCUT2D eigenvalue weighted by Crippen LogP contribution is -2.51. The molecule has 3 aromatic rings. The molecule has 10 heteroatoms. The molecule has 3 rings (SSSR count). The molecule has 3 aromatic carbocycles. The van der Waals surface area contributed by atoms with E-state index in [2.05, 4.69) is 5.32 Å². The number of sulfonamides is 1. The summed E-state index contributed by atoms with van der Waals surface area (Å²) in [7, 11) is -4.14. The molecule has 1 atom stereocenters. The van der Waals surface area contributed by atoms with Gasteiger partial charge < -0.3 is 15.0 Å². The van der Waals surface area contributed by atoms with E-state index >= 15 is 0 Å². The van der Waals surface area contributed by atoms with Gasteiger partial charge in [-0.2, -0.15) is 0 Å². The number of nitrogens with zero attached hydrogens (tertiary/aromatic N) is 2. The maximum absolute atomic E-state index is 13.9. The minimum absolute atomic E-state index is 0.0251. The van der Waals surface area contributed by atoms with Crippen molar-refractivity contribution in [1.82, 2.24) is 10.2 Å². The molecule has 214 valence electrons. The molecular weight excluding hydrogens is 550 g/mol. The molecule has 2 amide bonds. The van der Waals surface area contributed by atoms with Crippen LogP contribution in [0.5, 0.6) is 5.75 Å². The van der Waals surface area contributed by atoms with E-state index in [1.165, 1.54) is 17.0 Å². The molecule has 0 aliphatic heterocycles. The fourth-order valence-corrected chi connectivity index (χ4v) is 5.60. The van der Waals surface area contributed by atoms with Crippen LogP contribution in [0.1, 0.15) is 33.3 Å². The van der Waals surface area contributed by atoms with Crippen LogP contribution in [-0.2, 0) is 26.2 Å². The number of rotatable bonds is 13. The summed E-state index contributed by atoms with van der Waals surface area (Å²) in [5.41, 5.74) is 0.926. The van der Waals surface area contributed by atoms with Crippen LogP contribution in [0.2, 0.25) is 5.02 Å². The third kappa shape index (κ3) is 7.99. The van der Waals surface area contributed by atoms with Gasteiger partial charge in [-0.3, -0.25) is 13.9 Å². The summed E-state index contributed by atoms with van der Waals surface area (Å²) < 4.78 is 34.2. The minimum Gasteiger partial charge on any atom is -0.494 e. The van der Waals surface area contributed by atoms with Crippen LogP contribution in [0.15, 0.2) is 83.8 Å². The van der Waals surface area contributed by atoms with Crippen LogP contribution in [-0.4, -0.2) is 50.9 Å². The standard InChI is InChI=1S/C30H36ClN3O5S/c1-5-39-26-17-15-25(16-18-26)34(40(37,38)27-12-7-6-8-13-27)21-29(35)33(20-24-11-9-10-14-28(24)31)23(4)30(36)32-19-22(2)3/h6-18,22-23H,5,19-21H2,1-4H3,(H,32,36). The SMILES string of the molecule is CCOc1ccc(N(CC(=O)N(Cc2ccccc2Cl)C(C)C(=O)NCC(C)C)S(=O)(=O)c2ccccc2)cc1. The summed E-state index contributed by atoms with van der Waals surface area (Å²) in [6.45, 7) is 7.81. The van der Waals surface area contributed by atoms with Gasteiger partial charge >= 0.3 is 0 Å². The minimum atomic E-state index is -4.14. The normalized spacial score (nSPS) is 12.1. The number of carbonyl (C=O) groups is 2. The molecule has 0 heterocycles. The molecule has 0 aliphatic carbocycles. The first kappa shape index (κ1) is 31.0. The van der Waals surface area contributed by atoms with Gasteiger partial charge in [0.1, 0.15) is 18.3 Å². The summed E-state index contributed by atoms with van der Waals surface area (Å²) in [5.74, 6) is -0.103. The number of hydrogen-bond acceptors (Lipinski definition) is 5. The van der Waals surface area contributed by atoms with Crippen molar-refractivity contribution in [2.75, 3.05) is 24.0 Å². The second-order valence-electron chi connectivity index (χ2n) is 9.68. The van der Waals surface area contributed by atoms with Crippen LogP contribution in [0.25, 0.3) is 0 Å². The molecule has 40 heavy (non-hydrogen) atoms. The van der Waals surface area contributed by atoms with Crippen LogP contribution < -0.4 is 14.4 Å². The zero-order valence-corrected chi connectivity index (χ0v) is 24.8. The Kier molecular flexibility index (Phi) is 11.0. The zero-order valence-electron chi connectivity index (χ0n) is 23.2. The number of ether oxygens (including phenoxy) is 1. The highest BCUT2D eigenvalue weighted by atomic mass is 35.5. The third-order valence-electron chi connectivity index (χ3n) is 6.20. The molecule has 0 radical (unpaired) electrons. The van der Waals surface area contributed by atoms with E-state index in [0.717, 1.165) is 4.31 Å². The van der Waals surface area contributed by atoms with Crippen molar-refractivity contribution < 1.29 is 22.7 Å². The van der Waals surface area contributed by atoms with Crippen LogP contribution in [0.3, 0.4) is 0 Å². The highest BCUT2D eigenvalue weighted by Crippen LogP contribution is 2.27. The van der Waals surface area contributed by atoms with Gasteiger partial charge in [-0.05, 0) is 67.8 Å². The van der Waals surface area contributed by atoms with Gasteiger partial charge in [0, 0.05) is 18.1 Å². The average molecular weight is 586 g/mol. The topological polar surface area (TPSA) is 96.0 Å². The predicted molar refractivity (Wildman–Crippen MR) is 158 cm³/mol. The largest absolute Gasteiger partial charge is 0.494 e. The maximum Gasteiger partial charge on any atom is 0.264 e. The highest BCUT2D eigenvalue weighted by Gasteiger charge is 2.32. The first-order valence-corrected chi connectivity index (χ1v) is 15.0. The van der Waals surface area contributed by atoms with Crippen molar-refractivity contribution in [2.45, 2.75) is 45.2 Å². The molecule has 8 nitrogen and oxygen atoms in total. The van der Waals surface area contributed by atoms with Gasteiger partial charge in [0.15, 0.2) is 0 Å². The summed E-state index contributed by atoms with van der Waals surface area (Å²) in [4.78, 5) is 28.4. The van der Waals surface area contributed by atoms with Gasteiger partial charge in [0.25, 0.3) is 10.0 Å². The lowest BCUT2D eigenvalue weighted by Gasteiger charge is -2.32. The second-order valence-corrected chi connectivity index (χ2v) is 11.9. The Balaban J connectivity index is 2.01. The van der Waals surface area contributed by atoms with Crippen molar-refractivity contribution in [3.63, 3.8) is 0 Å². The first-order chi connectivity index (χ1) is 19.0. The van der Waals surface area contributed by atoms with Crippen molar-refractivity contribution in [3.05, 3.63) is 89.4 Å². The van der Waals surface area contributed by atoms with Gasteiger partial charge in [0.05, 0.1) is 17.2 Å². The zero-order chi connectivity index (χ0) is 29.3. The van der Waals surface area contributed by atoms with Crippen molar-refractivity contribution in [3.8, 4) is 5.75 Å². The smallest absolute Gasteiger partial charge is 0.264 e. The number of carbonyl (C=O) groups excluding carboxylic acids is 2. The molecular formula is C30H36ClN3O5S. The summed E-state index contributed by atoms with van der Waals surface area (Å²) in [6.07, 6.45) is 0. The average Bonchev–Trinajstić information content (AvgIpc) is 2.94. The number of benzene rings is 3. The molecule has 0 spiro atoms. The Hall–Kier alpha value is -3.56. The second kappa shape index (κ2) is 14.2. The Morgan fingerprint density at radius 1 is 0.925 bits per heavy atom. The Morgan fingerprint density at radius 2 is 1.55 bits per heavy atom. The maximum atomic E-state index is 13.9. The fraction of sp³-hybridized carbons (Fsp3) is 0.333. The Labute approximate surface area is 241 Å². The van der Waals surface area contributed by atoms with Gasteiger partial charge in [-0.15, -0.1) is 0 Å². The van der Waals surface area contributed by atoms with E-state index in [9.17, 15) is 18.0 Å². The molecule has 0 fully saturated rings. The summed E-state index contributed by atoms with van der Waals surface area (Å²) >= 11 is 6.40. The van der Waals surface area contributed by atoms with Gasteiger partial charge in [-0.1, -0.05) is 61.8 Å². The van der Waals surface area contributed by atoms with E-state index in [4.69, 9.17) is 16.3 Å². The number of halogens is 1. The van der Waals surface area contributed by atoms with E-state index in [1.54, 1.807) is 73.7 Å². The molecule has 0 saturated heterocycles. The summed E-state index contributed by atoms with van der Waals surface area (Å²) in [5, 5.41) is 3.31. The van der Waals surface area contributed by atoms with E-state index in [1.807, 2.05) is 20.8 Å². The van der Waals surface area contributed by atoms with Crippen molar-refractivity contribution in [1.29, 1.82) is 0 Å². The number of anilines is 1. The molecule has 0 aromatic heterocycles. The number of hydrogen-bond donors (Lipinski definition) is 1. The highest BCUT2D eigenvalue weighted by molar-refractivity contribution is 7.92. The number of nitrogens with one attached hydrogen (secondary N) is 1. The third-order valence-corrected chi connectivity index (χ3v) is 8.35. The fourth-order valence-electron chi connectivity index (χ4n) is 3.97. The van der Waals surface area contributed by atoms with Crippen LogP contribution in [0.4, 0.5) is 5.69 Å². The quantitative estimate of drug-likeness (QED) is 0.300. The lowest BCUT2D eigenvalue weighted by molar-refractivity contribution is -0.139. The predicted octanol–water partition coefficient (Wildman–Crippen LogP) is 5.12. The molecule has 0 saturated carbocycles. The van der Waals surface area contributed by atoms with Gasteiger partial charge in [-0.25, -0.2) is 8.42 Å². The van der Waals surface area contributed by atoms with Crippen LogP contribution in [0, 0.1) is 5.92 Å². The molecule has 0 bridgehead atoms. The molecule has 1 N–H and O–H groups in total. The van der Waals surface area contributed by atoms with Crippen molar-refractivity contribution in [2.24, 2.45) is 5.92 Å². The van der Waals surface area contributed by atoms with Crippen LogP contribution >= 0.6 is 11.6 Å². The van der Waals surface area contributed by atoms with E-state index in [0.29, 0.717) is 29.5 Å². The Bertz CT molecular complexity index is 1380. The van der Waals surface area contributed by atoms with E-state index < -0.39 is 28.5 Å². The number of amides is 2. The molecule has 1 unspecified atom stereocenters. The monoisotopic (exact) mass is 585 g/mol. The van der Waals surface area contributed by atoms with E-state index in [-0.39, 0.29) is 29.0 Å². The lowest BCUT2D eigenvalue weighted by atomic mass is 10.1. The Morgan fingerprint density at radius 3 is 2.15 bits per heavy atom.